The second-order valence-corrected chi connectivity index (χ2v) is 19.5. The Labute approximate surface area is 233 Å². The van der Waals surface area contributed by atoms with E-state index in [0.29, 0.717) is 25.6 Å². The average molecular weight is 563 g/mol. The summed E-state index contributed by atoms with van der Waals surface area (Å²) in [4.78, 5) is 20.5. The molecular formula is C29H46N2O3S2Si. The molecule has 0 N–H and O–H groups in total. The Bertz CT molecular complexity index is 1050. The van der Waals surface area contributed by atoms with Crippen molar-refractivity contribution >= 4 is 36.9 Å². The van der Waals surface area contributed by atoms with Crippen LogP contribution < -0.4 is 0 Å². The van der Waals surface area contributed by atoms with Gasteiger partial charge in [-0.05, 0) is 60.0 Å². The summed E-state index contributed by atoms with van der Waals surface area (Å²) in [6.07, 6.45) is 2.96. The van der Waals surface area contributed by atoms with E-state index >= 15 is 0 Å². The normalized spacial score (nSPS) is 19.2. The molecular weight excluding hydrogens is 517 g/mol. The molecule has 2 aromatic heterocycles. The molecule has 8 heteroatoms. The Morgan fingerprint density at radius 2 is 1.86 bits per heavy atom. The van der Waals surface area contributed by atoms with E-state index in [4.69, 9.17) is 9.16 Å². The van der Waals surface area contributed by atoms with Gasteiger partial charge in [0, 0.05) is 54.3 Å². The van der Waals surface area contributed by atoms with E-state index in [0.717, 1.165) is 51.1 Å². The minimum absolute atomic E-state index is 0.164. The van der Waals surface area contributed by atoms with Crippen molar-refractivity contribution in [3.63, 3.8) is 0 Å². The lowest BCUT2D eigenvalue weighted by Gasteiger charge is -2.47. The molecule has 2 aliphatic heterocycles. The lowest BCUT2D eigenvalue weighted by molar-refractivity contribution is -0.127. The van der Waals surface area contributed by atoms with Crippen LogP contribution in [-0.4, -0.2) is 69.0 Å². The molecule has 1 spiro atoms. The van der Waals surface area contributed by atoms with E-state index in [1.807, 2.05) is 21.6 Å². The first-order valence-electron chi connectivity index (χ1n) is 13.8. The van der Waals surface area contributed by atoms with Crippen molar-refractivity contribution in [1.82, 2.24) is 9.80 Å². The third-order valence-corrected chi connectivity index (χ3v) is 15.3. The van der Waals surface area contributed by atoms with Crippen LogP contribution in [0.1, 0.15) is 79.1 Å². The Balaban J connectivity index is 1.25. The first kappa shape index (κ1) is 29.0. The van der Waals surface area contributed by atoms with Crippen LogP contribution in [-0.2, 0) is 22.1 Å². The molecule has 0 aromatic carbocycles. The van der Waals surface area contributed by atoms with Gasteiger partial charge in [0.2, 0.25) is 0 Å². The fourth-order valence-corrected chi connectivity index (χ4v) is 7.72. The van der Waals surface area contributed by atoms with Gasteiger partial charge in [-0.15, -0.1) is 22.7 Å². The highest BCUT2D eigenvalue weighted by Crippen LogP contribution is 2.37. The van der Waals surface area contributed by atoms with Gasteiger partial charge < -0.3 is 14.1 Å². The molecule has 0 aliphatic carbocycles. The van der Waals surface area contributed by atoms with Crippen LogP contribution in [0.4, 0.5) is 0 Å². The molecule has 5 nitrogen and oxygen atoms in total. The van der Waals surface area contributed by atoms with Crippen molar-refractivity contribution in [2.75, 3.05) is 39.4 Å². The van der Waals surface area contributed by atoms with Crippen molar-refractivity contribution < 1.29 is 14.0 Å². The summed E-state index contributed by atoms with van der Waals surface area (Å²) in [5, 5.41) is 4.60. The van der Waals surface area contributed by atoms with E-state index in [1.165, 1.54) is 15.3 Å². The fraction of sp³-hybridized carbons (Fsp3) is 0.690. The molecule has 2 aliphatic rings. The lowest BCUT2D eigenvalue weighted by Crippen LogP contribution is -2.57. The fourth-order valence-electron chi connectivity index (χ4n) is 4.91. The number of rotatable bonds is 8. The maximum atomic E-state index is 13.2. The second-order valence-electron chi connectivity index (χ2n) is 12.7. The SMILES string of the molecule is CC(C)c1cc(C(=O)N2CCOC3(CCN(Cc4csc(CCO[Si](C)(C)C(C)(C)C)c4)CC3)C2)cs1. The van der Waals surface area contributed by atoms with E-state index < -0.39 is 8.32 Å². The van der Waals surface area contributed by atoms with Crippen LogP contribution in [0.5, 0.6) is 0 Å². The zero-order chi connectivity index (χ0) is 26.8. The van der Waals surface area contributed by atoms with Crippen LogP contribution in [0, 0.1) is 0 Å². The zero-order valence-electron chi connectivity index (χ0n) is 23.9. The smallest absolute Gasteiger partial charge is 0.254 e. The average Bonchev–Trinajstić information content (AvgIpc) is 3.50. The summed E-state index contributed by atoms with van der Waals surface area (Å²) >= 11 is 3.56. The summed E-state index contributed by atoms with van der Waals surface area (Å²) in [6.45, 7) is 21.8. The minimum atomic E-state index is -1.68. The topological polar surface area (TPSA) is 42.0 Å². The zero-order valence-corrected chi connectivity index (χ0v) is 26.5. The molecule has 2 saturated heterocycles. The van der Waals surface area contributed by atoms with Crippen molar-refractivity contribution in [2.45, 2.75) is 90.1 Å². The predicted molar refractivity (Wildman–Crippen MR) is 159 cm³/mol. The van der Waals surface area contributed by atoms with Gasteiger partial charge in [-0.1, -0.05) is 34.6 Å². The molecule has 2 fully saturated rings. The number of thiophene rings is 2. The summed E-state index contributed by atoms with van der Waals surface area (Å²) in [5.41, 5.74) is 2.05. The van der Waals surface area contributed by atoms with Gasteiger partial charge in [0.25, 0.3) is 5.91 Å². The Morgan fingerprint density at radius 3 is 2.51 bits per heavy atom. The van der Waals surface area contributed by atoms with E-state index in [-0.39, 0.29) is 16.5 Å². The molecule has 0 radical (unpaired) electrons. The maximum absolute atomic E-state index is 13.2. The molecule has 4 heterocycles. The van der Waals surface area contributed by atoms with Gasteiger partial charge in [0.1, 0.15) is 0 Å². The largest absolute Gasteiger partial charge is 0.416 e. The predicted octanol–water partition coefficient (Wildman–Crippen LogP) is 7.00. The number of nitrogens with zero attached hydrogens (tertiary/aromatic N) is 2. The number of amides is 1. The van der Waals surface area contributed by atoms with Crippen LogP contribution in [0.2, 0.25) is 18.1 Å². The second kappa shape index (κ2) is 11.6. The number of carbonyl (C=O) groups excluding carboxylic acids is 1. The van der Waals surface area contributed by atoms with Gasteiger partial charge in [-0.2, -0.15) is 0 Å². The number of piperidine rings is 1. The lowest BCUT2D eigenvalue weighted by atomic mass is 9.89. The first-order valence-corrected chi connectivity index (χ1v) is 18.5. The summed E-state index contributed by atoms with van der Waals surface area (Å²) in [7, 11) is -1.68. The summed E-state index contributed by atoms with van der Waals surface area (Å²) in [5.74, 6) is 0.624. The molecule has 37 heavy (non-hydrogen) atoms. The molecule has 4 rings (SSSR count). The monoisotopic (exact) mass is 562 g/mol. The highest BCUT2D eigenvalue weighted by Gasteiger charge is 2.41. The molecule has 0 atom stereocenters. The van der Waals surface area contributed by atoms with Crippen LogP contribution in [0.25, 0.3) is 0 Å². The van der Waals surface area contributed by atoms with Gasteiger partial charge in [0.15, 0.2) is 8.32 Å². The number of hydrogen-bond donors (Lipinski definition) is 0. The number of morpholine rings is 1. The Hall–Kier alpha value is -1.03. The molecule has 2 aromatic rings. The standard InChI is InChI=1S/C29H46N2O3S2Si/c1-22(2)26-17-24(20-36-26)27(32)31-13-15-33-29(21-31)9-11-30(12-10-29)18-23-16-25(35-19-23)8-14-34-37(6,7)28(3,4)5/h16-17,19-20,22H,8-15,18,21H2,1-7H3. The third-order valence-electron chi connectivity index (χ3n) is 8.47. The van der Waals surface area contributed by atoms with Gasteiger partial charge in [-0.25, -0.2) is 0 Å². The first-order chi connectivity index (χ1) is 17.4. The number of likely N-dealkylation sites (tertiary alicyclic amines) is 1. The Kier molecular flexibility index (Phi) is 9.08. The quantitative estimate of drug-likeness (QED) is 0.325. The van der Waals surface area contributed by atoms with Gasteiger partial charge >= 0.3 is 0 Å². The number of ether oxygens (including phenoxy) is 1. The van der Waals surface area contributed by atoms with E-state index in [1.54, 1.807) is 11.3 Å². The highest BCUT2D eigenvalue weighted by molar-refractivity contribution is 7.10. The summed E-state index contributed by atoms with van der Waals surface area (Å²) in [6, 6.07) is 4.45. The van der Waals surface area contributed by atoms with Crippen LogP contribution in [0.15, 0.2) is 22.9 Å². The molecule has 0 saturated carbocycles. The summed E-state index contributed by atoms with van der Waals surface area (Å²) < 4.78 is 12.7. The Morgan fingerprint density at radius 1 is 1.14 bits per heavy atom. The third kappa shape index (κ3) is 7.14. The molecule has 0 unspecified atom stereocenters. The number of carbonyl (C=O) groups is 1. The van der Waals surface area contributed by atoms with Crippen molar-refractivity contribution in [2.24, 2.45) is 0 Å². The molecule has 0 bridgehead atoms. The minimum Gasteiger partial charge on any atom is -0.416 e. The van der Waals surface area contributed by atoms with Crippen molar-refractivity contribution in [3.05, 3.63) is 43.8 Å². The van der Waals surface area contributed by atoms with Gasteiger partial charge in [0.05, 0.1) is 24.3 Å². The van der Waals surface area contributed by atoms with E-state index in [2.05, 4.69) is 70.1 Å². The highest BCUT2D eigenvalue weighted by atomic mass is 32.1. The maximum Gasteiger partial charge on any atom is 0.254 e. The van der Waals surface area contributed by atoms with Gasteiger partial charge in [-0.3, -0.25) is 9.69 Å². The van der Waals surface area contributed by atoms with Crippen molar-refractivity contribution in [3.8, 4) is 0 Å². The molecule has 206 valence electrons. The van der Waals surface area contributed by atoms with Crippen LogP contribution >= 0.6 is 22.7 Å². The van der Waals surface area contributed by atoms with E-state index in [9.17, 15) is 4.79 Å². The van der Waals surface area contributed by atoms with Crippen molar-refractivity contribution in [1.29, 1.82) is 0 Å². The number of hydrogen-bond acceptors (Lipinski definition) is 6. The van der Waals surface area contributed by atoms with Crippen LogP contribution in [0.3, 0.4) is 0 Å². The molecule has 1 amide bonds.